The molecule has 21 heavy (non-hydrogen) atoms. The van der Waals surface area contributed by atoms with Crippen LogP contribution in [0.1, 0.15) is 12.5 Å². The van der Waals surface area contributed by atoms with Gasteiger partial charge in [0.1, 0.15) is 11.6 Å². The summed E-state index contributed by atoms with van der Waals surface area (Å²) >= 11 is 0. The lowest BCUT2D eigenvalue weighted by atomic mass is 10.1. The van der Waals surface area contributed by atoms with Crippen LogP contribution in [-0.2, 0) is 6.42 Å². The number of hydrogen-bond donors (Lipinski definition) is 1. The molecule has 0 aromatic heterocycles. The van der Waals surface area contributed by atoms with Crippen LogP contribution >= 0.6 is 0 Å². The van der Waals surface area contributed by atoms with Crippen LogP contribution in [0.25, 0.3) is 0 Å². The average Bonchev–Trinajstić information content (AvgIpc) is 2.45. The lowest BCUT2D eigenvalue weighted by Crippen LogP contribution is -2.19. The van der Waals surface area contributed by atoms with Crippen LogP contribution < -0.4 is 10.1 Å². The lowest BCUT2D eigenvalue weighted by molar-refractivity contribution is 0.409. The second-order valence-corrected chi connectivity index (χ2v) is 4.81. The highest BCUT2D eigenvalue weighted by Crippen LogP contribution is 2.22. The van der Waals surface area contributed by atoms with E-state index in [-0.39, 0.29) is 11.7 Å². The number of ether oxygens (including phenoxy) is 1. The summed E-state index contributed by atoms with van der Waals surface area (Å²) in [6, 6.07) is 8.65. The third kappa shape index (κ3) is 3.68. The minimum Gasteiger partial charge on any atom is -0.496 e. The van der Waals surface area contributed by atoms with Gasteiger partial charge in [0.05, 0.1) is 12.8 Å². The van der Waals surface area contributed by atoms with Crippen molar-refractivity contribution in [1.29, 1.82) is 0 Å². The Hall–Kier alpha value is -2.17. The van der Waals surface area contributed by atoms with Crippen molar-refractivity contribution in [3.63, 3.8) is 0 Å². The van der Waals surface area contributed by atoms with Crippen molar-refractivity contribution in [1.82, 2.24) is 0 Å². The van der Waals surface area contributed by atoms with Crippen LogP contribution in [0.2, 0.25) is 0 Å². The summed E-state index contributed by atoms with van der Waals surface area (Å²) in [6.07, 6.45) is 0.558. The predicted molar refractivity (Wildman–Crippen MR) is 76.1 cm³/mol. The van der Waals surface area contributed by atoms with E-state index in [2.05, 4.69) is 5.32 Å². The van der Waals surface area contributed by atoms with Gasteiger partial charge in [0.25, 0.3) is 0 Å². The second-order valence-electron chi connectivity index (χ2n) is 4.81. The third-order valence-corrected chi connectivity index (χ3v) is 3.13. The first-order chi connectivity index (χ1) is 10.0. The van der Waals surface area contributed by atoms with E-state index in [9.17, 15) is 13.2 Å². The van der Waals surface area contributed by atoms with Gasteiger partial charge in [-0.3, -0.25) is 0 Å². The van der Waals surface area contributed by atoms with Crippen LogP contribution in [-0.4, -0.2) is 13.2 Å². The van der Waals surface area contributed by atoms with Crippen LogP contribution in [0.5, 0.6) is 5.75 Å². The Bertz CT molecular complexity index is 631. The predicted octanol–water partition coefficient (Wildman–Crippen LogP) is 4.16. The molecule has 2 aromatic carbocycles. The maximum atomic E-state index is 13.6. The van der Waals surface area contributed by atoms with E-state index in [1.165, 1.54) is 0 Å². The van der Waals surface area contributed by atoms with Gasteiger partial charge in [-0.05, 0) is 25.0 Å². The molecular formula is C16H16F3NO. The number of benzene rings is 2. The Balaban J connectivity index is 2.12. The minimum absolute atomic E-state index is 0.0590. The molecule has 1 atom stereocenters. The zero-order chi connectivity index (χ0) is 15.4. The molecule has 1 N–H and O–H groups in total. The Kier molecular flexibility index (Phi) is 4.73. The molecule has 0 aliphatic rings. The first-order valence-electron chi connectivity index (χ1n) is 6.54. The van der Waals surface area contributed by atoms with Gasteiger partial charge in [-0.1, -0.05) is 18.2 Å². The molecule has 0 aliphatic carbocycles. The summed E-state index contributed by atoms with van der Waals surface area (Å²) in [5.74, 6) is -2.36. The van der Waals surface area contributed by atoms with Gasteiger partial charge >= 0.3 is 0 Å². The summed E-state index contributed by atoms with van der Waals surface area (Å²) in [5.41, 5.74) is 0.888. The van der Waals surface area contributed by atoms with Crippen molar-refractivity contribution in [2.45, 2.75) is 19.4 Å². The lowest BCUT2D eigenvalue weighted by Gasteiger charge is -2.17. The minimum atomic E-state index is -1.20. The number of para-hydroxylation sites is 1. The molecule has 1 unspecified atom stereocenters. The molecule has 2 rings (SSSR count). The van der Waals surface area contributed by atoms with E-state index < -0.39 is 17.5 Å². The van der Waals surface area contributed by atoms with Gasteiger partial charge in [-0.2, -0.15) is 0 Å². The van der Waals surface area contributed by atoms with E-state index >= 15 is 0 Å². The number of anilines is 1. The fraction of sp³-hybridized carbons (Fsp3) is 0.250. The summed E-state index contributed by atoms with van der Waals surface area (Å²) in [7, 11) is 1.58. The van der Waals surface area contributed by atoms with Gasteiger partial charge < -0.3 is 10.1 Å². The molecule has 0 heterocycles. The summed E-state index contributed by atoms with van der Waals surface area (Å²) in [6.45, 7) is 1.83. The van der Waals surface area contributed by atoms with Gasteiger partial charge in [0, 0.05) is 18.2 Å². The quantitative estimate of drug-likeness (QED) is 0.836. The average molecular weight is 295 g/mol. The van der Waals surface area contributed by atoms with E-state index in [1.54, 1.807) is 7.11 Å². The first kappa shape index (κ1) is 15.2. The van der Waals surface area contributed by atoms with Crippen LogP contribution in [0.15, 0.2) is 36.4 Å². The summed E-state index contributed by atoms with van der Waals surface area (Å²) in [5, 5.41) is 2.84. The van der Waals surface area contributed by atoms with Gasteiger partial charge in [0.2, 0.25) is 0 Å². The molecule has 5 heteroatoms. The molecule has 0 saturated carbocycles. The molecule has 0 fully saturated rings. The van der Waals surface area contributed by atoms with Gasteiger partial charge in [-0.25, -0.2) is 13.2 Å². The van der Waals surface area contributed by atoms with Crippen molar-refractivity contribution < 1.29 is 17.9 Å². The second kappa shape index (κ2) is 6.52. The number of methoxy groups -OCH3 is 1. The molecule has 0 saturated heterocycles. The topological polar surface area (TPSA) is 21.3 Å². The van der Waals surface area contributed by atoms with E-state index in [1.807, 2.05) is 31.2 Å². The number of halogens is 3. The zero-order valence-electron chi connectivity index (χ0n) is 11.8. The zero-order valence-corrected chi connectivity index (χ0v) is 11.8. The van der Waals surface area contributed by atoms with Crippen LogP contribution in [0, 0.1) is 17.5 Å². The normalized spacial score (nSPS) is 12.0. The Morgan fingerprint density at radius 1 is 1.05 bits per heavy atom. The Morgan fingerprint density at radius 2 is 1.71 bits per heavy atom. The van der Waals surface area contributed by atoms with Gasteiger partial charge in [-0.15, -0.1) is 0 Å². The SMILES string of the molecule is COc1ccccc1CC(C)Nc1cc(F)c(F)cc1F. The van der Waals surface area contributed by atoms with Crippen molar-refractivity contribution in [2.75, 3.05) is 12.4 Å². The van der Waals surface area contributed by atoms with Crippen LogP contribution in [0.4, 0.5) is 18.9 Å². The number of rotatable bonds is 5. The highest BCUT2D eigenvalue weighted by Gasteiger charge is 2.13. The molecular weight excluding hydrogens is 279 g/mol. The van der Waals surface area contributed by atoms with Crippen LogP contribution in [0.3, 0.4) is 0 Å². The highest BCUT2D eigenvalue weighted by molar-refractivity contribution is 5.46. The maximum absolute atomic E-state index is 13.6. The summed E-state index contributed by atoms with van der Waals surface area (Å²) < 4.78 is 44.9. The highest BCUT2D eigenvalue weighted by atomic mass is 19.2. The van der Waals surface area contributed by atoms with Crippen molar-refractivity contribution >= 4 is 5.69 Å². The monoisotopic (exact) mass is 295 g/mol. The Morgan fingerprint density at radius 3 is 2.43 bits per heavy atom. The Labute approximate surface area is 121 Å². The largest absolute Gasteiger partial charge is 0.496 e. The fourth-order valence-electron chi connectivity index (χ4n) is 2.15. The molecule has 0 aliphatic heterocycles. The van der Waals surface area contributed by atoms with Gasteiger partial charge in [0.15, 0.2) is 11.6 Å². The molecule has 2 nitrogen and oxygen atoms in total. The number of hydrogen-bond acceptors (Lipinski definition) is 2. The molecule has 2 aromatic rings. The van der Waals surface area contributed by atoms with E-state index in [0.29, 0.717) is 12.5 Å². The molecule has 0 radical (unpaired) electrons. The van der Waals surface area contributed by atoms with Crippen molar-refractivity contribution in [3.05, 3.63) is 59.4 Å². The van der Waals surface area contributed by atoms with Crippen molar-refractivity contribution in [3.8, 4) is 5.75 Å². The first-order valence-corrected chi connectivity index (χ1v) is 6.54. The van der Waals surface area contributed by atoms with E-state index in [4.69, 9.17) is 4.74 Å². The van der Waals surface area contributed by atoms with Crippen molar-refractivity contribution in [2.24, 2.45) is 0 Å². The fourth-order valence-corrected chi connectivity index (χ4v) is 2.15. The standard InChI is InChI=1S/C16H16F3NO/c1-10(7-11-5-3-4-6-16(11)21-2)20-15-9-13(18)12(17)8-14(15)19/h3-6,8-10,20H,7H2,1-2H3. The molecule has 112 valence electrons. The smallest absolute Gasteiger partial charge is 0.161 e. The third-order valence-electron chi connectivity index (χ3n) is 3.13. The maximum Gasteiger partial charge on any atom is 0.161 e. The molecule has 0 bridgehead atoms. The number of nitrogens with one attached hydrogen (secondary N) is 1. The molecule has 0 spiro atoms. The summed E-state index contributed by atoms with van der Waals surface area (Å²) in [4.78, 5) is 0. The molecule has 0 amide bonds. The van der Waals surface area contributed by atoms with E-state index in [0.717, 1.165) is 17.4 Å².